The highest BCUT2D eigenvalue weighted by Gasteiger charge is 2.06. The molecule has 0 aliphatic carbocycles. The first kappa shape index (κ1) is 19.0. The lowest BCUT2D eigenvalue weighted by Crippen LogP contribution is -2.24. The van der Waals surface area contributed by atoms with E-state index >= 15 is 0 Å². The fourth-order valence-electron chi connectivity index (χ4n) is 2.06. The third-order valence-corrected chi connectivity index (χ3v) is 4.46. The van der Waals surface area contributed by atoms with E-state index in [4.69, 9.17) is 4.74 Å². The number of hydrogen-bond acceptors (Lipinski definition) is 4. The summed E-state index contributed by atoms with van der Waals surface area (Å²) in [5.41, 5.74) is 5.08. The number of aromatic hydroxyl groups is 1. The summed E-state index contributed by atoms with van der Waals surface area (Å²) in [6.45, 7) is 3.81. The number of halogens is 2. The number of phenolic OH excluding ortho intramolecular Hbond substituents is 1. The molecule has 0 fully saturated rings. The third-order valence-electron chi connectivity index (χ3n) is 3.02. The molecule has 126 valence electrons. The number of nitrogens with zero attached hydrogens (tertiary/aromatic N) is 1. The van der Waals surface area contributed by atoms with Gasteiger partial charge in [-0.3, -0.25) is 4.79 Å². The number of phenols is 1. The van der Waals surface area contributed by atoms with E-state index in [2.05, 4.69) is 33.1 Å². The molecule has 2 aromatic carbocycles. The zero-order valence-electron chi connectivity index (χ0n) is 13.1. The van der Waals surface area contributed by atoms with E-state index in [1.165, 1.54) is 6.21 Å². The molecule has 0 unspecified atom stereocenters. The molecule has 24 heavy (non-hydrogen) atoms. The molecule has 0 saturated carbocycles. The minimum Gasteiger partial charge on any atom is -0.506 e. The van der Waals surface area contributed by atoms with Gasteiger partial charge in [-0.25, -0.2) is 5.43 Å². The van der Waals surface area contributed by atoms with Crippen molar-refractivity contribution in [2.24, 2.45) is 5.10 Å². The zero-order valence-corrected chi connectivity index (χ0v) is 17.5. The summed E-state index contributed by atoms with van der Waals surface area (Å²) in [6.07, 6.45) is 1.41. The lowest BCUT2D eigenvalue weighted by molar-refractivity contribution is -0.123. The summed E-state index contributed by atoms with van der Waals surface area (Å²) in [6, 6.07) is 9.40. The molecule has 0 bridgehead atoms. The van der Waals surface area contributed by atoms with Crippen LogP contribution >= 0.6 is 45.2 Å². The average Bonchev–Trinajstić information content (AvgIpc) is 2.49. The van der Waals surface area contributed by atoms with Gasteiger partial charge in [0.05, 0.1) is 9.78 Å². The summed E-state index contributed by atoms with van der Waals surface area (Å²) in [5.74, 6) is 0.419. The molecule has 0 atom stereocenters. The number of benzene rings is 2. The normalized spacial score (nSPS) is 10.8. The van der Waals surface area contributed by atoms with Gasteiger partial charge in [0.1, 0.15) is 11.5 Å². The first-order chi connectivity index (χ1) is 11.3. The Kier molecular flexibility index (Phi) is 6.84. The van der Waals surface area contributed by atoms with Crippen LogP contribution in [0.15, 0.2) is 35.4 Å². The summed E-state index contributed by atoms with van der Waals surface area (Å²) in [5, 5.41) is 13.8. The minimum atomic E-state index is -0.370. The van der Waals surface area contributed by atoms with E-state index in [0.717, 1.165) is 18.3 Å². The molecule has 1 amide bonds. The first-order valence-corrected chi connectivity index (χ1v) is 9.22. The van der Waals surface area contributed by atoms with E-state index in [0.29, 0.717) is 11.3 Å². The Morgan fingerprint density at radius 1 is 1.21 bits per heavy atom. The molecule has 0 spiro atoms. The van der Waals surface area contributed by atoms with E-state index < -0.39 is 0 Å². The lowest BCUT2D eigenvalue weighted by Gasteiger charge is -2.07. The second-order valence-corrected chi connectivity index (χ2v) is 7.64. The lowest BCUT2D eigenvalue weighted by atomic mass is 10.1. The van der Waals surface area contributed by atoms with Crippen molar-refractivity contribution in [2.75, 3.05) is 6.61 Å². The highest BCUT2D eigenvalue weighted by molar-refractivity contribution is 14.1. The van der Waals surface area contributed by atoms with Crippen LogP contribution in [-0.4, -0.2) is 23.8 Å². The maximum Gasteiger partial charge on any atom is 0.277 e. The number of carbonyl (C=O) groups is 1. The monoisotopic (exact) mass is 550 g/mol. The number of rotatable bonds is 5. The number of carbonyl (C=O) groups excluding carboxylic acids is 1. The number of hydrazone groups is 1. The van der Waals surface area contributed by atoms with Crippen molar-refractivity contribution in [2.45, 2.75) is 13.8 Å². The van der Waals surface area contributed by atoms with Crippen molar-refractivity contribution in [3.63, 3.8) is 0 Å². The Morgan fingerprint density at radius 2 is 1.88 bits per heavy atom. The average molecular weight is 550 g/mol. The van der Waals surface area contributed by atoms with E-state index in [-0.39, 0.29) is 18.3 Å². The summed E-state index contributed by atoms with van der Waals surface area (Å²) < 4.78 is 7.16. The predicted octanol–water partition coefficient (Wildman–Crippen LogP) is 3.75. The van der Waals surface area contributed by atoms with Gasteiger partial charge in [0.25, 0.3) is 5.91 Å². The van der Waals surface area contributed by atoms with Crippen LogP contribution < -0.4 is 10.2 Å². The largest absolute Gasteiger partial charge is 0.506 e. The fraction of sp³-hybridized carbons (Fsp3) is 0.176. The standard InChI is InChI=1S/C17H16I2N2O3/c1-10-3-11(2)5-14(4-10)24-9-16(22)21-20-8-12-6-13(18)7-15(19)17(12)23/h3-8,23H,9H2,1-2H3,(H,21,22)/b20-8+. The first-order valence-electron chi connectivity index (χ1n) is 7.06. The highest BCUT2D eigenvalue weighted by atomic mass is 127. The van der Waals surface area contributed by atoms with Gasteiger partial charge in [0, 0.05) is 9.13 Å². The molecule has 2 aromatic rings. The Hall–Kier alpha value is -1.36. The van der Waals surface area contributed by atoms with Crippen LogP contribution in [0, 0.1) is 21.0 Å². The molecule has 0 radical (unpaired) electrons. The number of nitrogens with one attached hydrogen (secondary N) is 1. The molecule has 0 aromatic heterocycles. The van der Waals surface area contributed by atoms with Crippen LogP contribution in [0.4, 0.5) is 0 Å². The second kappa shape index (κ2) is 8.65. The highest BCUT2D eigenvalue weighted by Crippen LogP contribution is 2.25. The van der Waals surface area contributed by atoms with Crippen LogP contribution in [0.25, 0.3) is 0 Å². The van der Waals surface area contributed by atoms with Gasteiger partial charge < -0.3 is 9.84 Å². The molecular weight excluding hydrogens is 534 g/mol. The van der Waals surface area contributed by atoms with Crippen LogP contribution in [-0.2, 0) is 4.79 Å². The number of aryl methyl sites for hydroxylation is 2. The topological polar surface area (TPSA) is 70.9 Å². The molecule has 0 saturated heterocycles. The Morgan fingerprint density at radius 3 is 2.54 bits per heavy atom. The van der Waals surface area contributed by atoms with Gasteiger partial charge in [0.2, 0.25) is 0 Å². The van der Waals surface area contributed by atoms with Gasteiger partial charge in [-0.15, -0.1) is 0 Å². The quantitative estimate of drug-likeness (QED) is 0.339. The van der Waals surface area contributed by atoms with E-state index in [1.54, 1.807) is 6.07 Å². The molecule has 5 nitrogen and oxygen atoms in total. The van der Waals surface area contributed by atoms with Crippen molar-refractivity contribution >= 4 is 57.3 Å². The Bertz CT molecular complexity index is 771. The van der Waals surface area contributed by atoms with E-state index in [9.17, 15) is 9.90 Å². The summed E-state index contributed by atoms with van der Waals surface area (Å²) >= 11 is 4.19. The van der Waals surface area contributed by atoms with Crippen molar-refractivity contribution in [3.8, 4) is 11.5 Å². The van der Waals surface area contributed by atoms with Gasteiger partial charge in [-0.05, 0) is 94.4 Å². The molecule has 0 heterocycles. The molecule has 0 aliphatic rings. The van der Waals surface area contributed by atoms with Gasteiger partial charge in [-0.2, -0.15) is 5.10 Å². The van der Waals surface area contributed by atoms with Crippen LogP contribution in [0.5, 0.6) is 11.5 Å². The molecule has 2 N–H and O–H groups in total. The SMILES string of the molecule is Cc1cc(C)cc(OCC(=O)N/N=C/c2cc(I)cc(I)c2O)c1. The van der Waals surface area contributed by atoms with Crippen LogP contribution in [0.1, 0.15) is 16.7 Å². The van der Waals surface area contributed by atoms with Crippen molar-refractivity contribution in [1.82, 2.24) is 5.43 Å². The number of ether oxygens (including phenoxy) is 1. The summed E-state index contributed by atoms with van der Waals surface area (Å²) in [4.78, 5) is 11.8. The van der Waals surface area contributed by atoms with Gasteiger partial charge in [0.15, 0.2) is 6.61 Å². The number of hydrogen-bond donors (Lipinski definition) is 2. The Balaban J connectivity index is 1.91. The maximum absolute atomic E-state index is 11.8. The van der Waals surface area contributed by atoms with Crippen molar-refractivity contribution < 1.29 is 14.6 Å². The fourth-order valence-corrected chi connectivity index (χ4v) is 3.95. The maximum atomic E-state index is 11.8. The van der Waals surface area contributed by atoms with Crippen molar-refractivity contribution in [1.29, 1.82) is 0 Å². The smallest absolute Gasteiger partial charge is 0.277 e. The van der Waals surface area contributed by atoms with Crippen LogP contribution in [0.3, 0.4) is 0 Å². The number of amides is 1. The third kappa shape index (κ3) is 5.62. The van der Waals surface area contributed by atoms with Gasteiger partial charge in [-0.1, -0.05) is 6.07 Å². The predicted molar refractivity (Wildman–Crippen MR) is 111 cm³/mol. The Labute approximate surface area is 167 Å². The molecular formula is C17H16I2N2O3. The van der Waals surface area contributed by atoms with Crippen molar-refractivity contribution in [3.05, 3.63) is 54.2 Å². The zero-order chi connectivity index (χ0) is 17.7. The van der Waals surface area contributed by atoms with Gasteiger partial charge >= 0.3 is 0 Å². The second-order valence-electron chi connectivity index (χ2n) is 5.23. The molecule has 7 heteroatoms. The molecule has 2 rings (SSSR count). The summed E-state index contributed by atoms with van der Waals surface area (Å²) in [7, 11) is 0. The molecule has 0 aliphatic heterocycles. The minimum absolute atomic E-state index is 0.129. The van der Waals surface area contributed by atoms with Crippen LogP contribution in [0.2, 0.25) is 0 Å². The van der Waals surface area contributed by atoms with E-state index in [1.807, 2.05) is 60.7 Å².